The fourth-order valence-electron chi connectivity index (χ4n) is 3.76. The van der Waals surface area contributed by atoms with Crippen molar-refractivity contribution in [1.82, 2.24) is 10.2 Å². The van der Waals surface area contributed by atoms with Gasteiger partial charge in [0.2, 0.25) is 5.91 Å². The van der Waals surface area contributed by atoms with E-state index >= 15 is 0 Å². The fourth-order valence-corrected chi connectivity index (χ4v) is 3.76. The summed E-state index contributed by atoms with van der Waals surface area (Å²) in [6.45, 7) is 9.90. The summed E-state index contributed by atoms with van der Waals surface area (Å²) in [4.78, 5) is 25.6. The zero-order valence-corrected chi connectivity index (χ0v) is 16.4. The van der Waals surface area contributed by atoms with Gasteiger partial charge in [-0.05, 0) is 42.7 Å². The van der Waals surface area contributed by atoms with Crippen molar-refractivity contribution < 1.29 is 14.7 Å². The Morgan fingerprint density at radius 2 is 1.85 bits per heavy atom. The van der Waals surface area contributed by atoms with Gasteiger partial charge in [-0.1, -0.05) is 45.0 Å². The SMILES string of the molecule is CC(C)Cc1ccc(C(C)NC(=O)CN2CC(C)CC(C(=O)O)C2)cc1. The first-order valence-electron chi connectivity index (χ1n) is 9.58. The average molecular weight is 360 g/mol. The van der Waals surface area contributed by atoms with Crippen LogP contribution in [0.25, 0.3) is 0 Å². The van der Waals surface area contributed by atoms with Crippen LogP contribution in [0.1, 0.15) is 51.3 Å². The third-order valence-corrected chi connectivity index (χ3v) is 4.95. The van der Waals surface area contributed by atoms with Crippen LogP contribution in [0.5, 0.6) is 0 Å². The predicted molar refractivity (Wildman–Crippen MR) is 103 cm³/mol. The molecule has 0 aliphatic carbocycles. The van der Waals surface area contributed by atoms with Crippen LogP contribution in [0.4, 0.5) is 0 Å². The number of carbonyl (C=O) groups is 2. The number of carboxylic acids is 1. The third-order valence-electron chi connectivity index (χ3n) is 4.95. The molecule has 5 nitrogen and oxygen atoms in total. The van der Waals surface area contributed by atoms with E-state index in [0.29, 0.717) is 24.8 Å². The summed E-state index contributed by atoms with van der Waals surface area (Å²) in [5.41, 5.74) is 2.39. The molecule has 144 valence electrons. The molecule has 0 saturated carbocycles. The molecule has 26 heavy (non-hydrogen) atoms. The quantitative estimate of drug-likeness (QED) is 0.784. The van der Waals surface area contributed by atoms with Gasteiger partial charge in [0.05, 0.1) is 18.5 Å². The molecule has 2 N–H and O–H groups in total. The first kappa shape index (κ1) is 20.4. The molecule has 2 rings (SSSR count). The summed E-state index contributed by atoms with van der Waals surface area (Å²) in [6, 6.07) is 8.34. The molecular weight excluding hydrogens is 328 g/mol. The van der Waals surface area contributed by atoms with Crippen LogP contribution in [0.2, 0.25) is 0 Å². The molecule has 0 aromatic heterocycles. The number of benzene rings is 1. The van der Waals surface area contributed by atoms with Gasteiger partial charge in [-0.2, -0.15) is 0 Å². The van der Waals surface area contributed by atoms with Crippen LogP contribution in [-0.4, -0.2) is 41.5 Å². The number of nitrogens with one attached hydrogen (secondary N) is 1. The fraction of sp³-hybridized carbons (Fsp3) is 0.619. The van der Waals surface area contributed by atoms with Crippen molar-refractivity contribution in [3.8, 4) is 0 Å². The lowest BCUT2D eigenvalue weighted by molar-refractivity contribution is -0.145. The van der Waals surface area contributed by atoms with E-state index < -0.39 is 5.97 Å². The Hall–Kier alpha value is -1.88. The molecule has 1 aromatic rings. The smallest absolute Gasteiger partial charge is 0.307 e. The molecule has 0 radical (unpaired) electrons. The van der Waals surface area contributed by atoms with Crippen LogP contribution in [-0.2, 0) is 16.0 Å². The Bertz CT molecular complexity index is 612. The molecule has 1 aliphatic rings. The lowest BCUT2D eigenvalue weighted by Gasteiger charge is -2.34. The Morgan fingerprint density at radius 3 is 2.42 bits per heavy atom. The van der Waals surface area contributed by atoms with Crippen LogP contribution in [0.15, 0.2) is 24.3 Å². The van der Waals surface area contributed by atoms with Crippen molar-refractivity contribution in [1.29, 1.82) is 0 Å². The van der Waals surface area contributed by atoms with Gasteiger partial charge in [0.1, 0.15) is 0 Å². The number of hydrogen-bond donors (Lipinski definition) is 2. The zero-order valence-electron chi connectivity index (χ0n) is 16.4. The van der Waals surface area contributed by atoms with Crippen molar-refractivity contribution in [2.24, 2.45) is 17.8 Å². The second-order valence-electron chi connectivity index (χ2n) is 8.20. The molecular formula is C21H32N2O3. The van der Waals surface area contributed by atoms with Crippen molar-refractivity contribution in [2.75, 3.05) is 19.6 Å². The van der Waals surface area contributed by atoms with E-state index in [1.807, 2.05) is 18.7 Å². The Kier molecular flexibility index (Phi) is 7.21. The van der Waals surface area contributed by atoms with Crippen molar-refractivity contribution in [3.63, 3.8) is 0 Å². The van der Waals surface area contributed by atoms with E-state index in [9.17, 15) is 14.7 Å². The van der Waals surface area contributed by atoms with Gasteiger partial charge in [0, 0.05) is 13.1 Å². The van der Waals surface area contributed by atoms with E-state index in [1.165, 1.54) is 5.56 Å². The van der Waals surface area contributed by atoms with Crippen molar-refractivity contribution >= 4 is 11.9 Å². The second kappa shape index (κ2) is 9.17. The van der Waals surface area contributed by atoms with Gasteiger partial charge in [0.15, 0.2) is 0 Å². The first-order valence-corrected chi connectivity index (χ1v) is 9.58. The molecule has 5 heteroatoms. The van der Waals surface area contributed by atoms with Crippen LogP contribution in [0.3, 0.4) is 0 Å². The van der Waals surface area contributed by atoms with Crippen LogP contribution < -0.4 is 5.32 Å². The molecule has 1 fully saturated rings. The summed E-state index contributed by atoms with van der Waals surface area (Å²) in [6.07, 6.45) is 1.74. The van der Waals surface area contributed by atoms with Gasteiger partial charge >= 0.3 is 5.97 Å². The molecule has 0 bridgehead atoms. The topological polar surface area (TPSA) is 69.6 Å². The van der Waals surface area contributed by atoms with Gasteiger partial charge in [-0.15, -0.1) is 0 Å². The molecule has 1 aromatic carbocycles. The highest BCUT2D eigenvalue weighted by atomic mass is 16.4. The second-order valence-corrected chi connectivity index (χ2v) is 8.20. The van der Waals surface area contributed by atoms with E-state index in [0.717, 1.165) is 18.5 Å². The van der Waals surface area contributed by atoms with Crippen molar-refractivity contribution in [3.05, 3.63) is 35.4 Å². The third kappa shape index (κ3) is 6.13. The summed E-state index contributed by atoms with van der Waals surface area (Å²) in [7, 11) is 0. The normalized spacial score (nSPS) is 22.2. The first-order chi connectivity index (χ1) is 12.2. The van der Waals surface area contributed by atoms with E-state index in [4.69, 9.17) is 0 Å². The maximum absolute atomic E-state index is 12.4. The number of piperidine rings is 1. The molecule has 3 unspecified atom stereocenters. The maximum atomic E-state index is 12.4. The molecule has 1 saturated heterocycles. The number of carboxylic acid groups (broad SMARTS) is 1. The molecule has 1 heterocycles. The number of aliphatic carboxylic acids is 1. The zero-order chi connectivity index (χ0) is 19.3. The minimum absolute atomic E-state index is 0.0537. The lowest BCUT2D eigenvalue weighted by Crippen LogP contribution is -2.47. The summed E-state index contributed by atoms with van der Waals surface area (Å²) in [5, 5.41) is 12.3. The molecule has 1 amide bonds. The van der Waals surface area contributed by atoms with Crippen molar-refractivity contribution in [2.45, 2.75) is 46.6 Å². The number of carbonyl (C=O) groups excluding carboxylic acids is 1. The van der Waals surface area contributed by atoms with Gasteiger partial charge < -0.3 is 10.4 Å². The minimum atomic E-state index is -0.767. The monoisotopic (exact) mass is 360 g/mol. The maximum Gasteiger partial charge on any atom is 0.307 e. The Labute approximate surface area is 156 Å². The molecule has 0 spiro atoms. The number of likely N-dealkylation sites (tertiary alicyclic amines) is 1. The van der Waals surface area contributed by atoms with E-state index in [-0.39, 0.29) is 24.4 Å². The van der Waals surface area contributed by atoms with Crippen LogP contribution >= 0.6 is 0 Å². The Morgan fingerprint density at radius 1 is 1.19 bits per heavy atom. The van der Waals surface area contributed by atoms with Gasteiger partial charge in [-0.25, -0.2) is 0 Å². The van der Waals surface area contributed by atoms with Gasteiger partial charge in [-0.3, -0.25) is 14.5 Å². The number of nitrogens with zero attached hydrogens (tertiary/aromatic N) is 1. The minimum Gasteiger partial charge on any atom is -0.481 e. The van der Waals surface area contributed by atoms with E-state index in [2.05, 4.69) is 43.4 Å². The average Bonchev–Trinajstić information content (AvgIpc) is 2.54. The highest BCUT2D eigenvalue weighted by Gasteiger charge is 2.30. The largest absolute Gasteiger partial charge is 0.481 e. The molecule has 1 aliphatic heterocycles. The Balaban J connectivity index is 1.87. The molecule has 3 atom stereocenters. The van der Waals surface area contributed by atoms with E-state index in [1.54, 1.807) is 0 Å². The highest BCUT2D eigenvalue weighted by Crippen LogP contribution is 2.22. The summed E-state index contributed by atoms with van der Waals surface area (Å²) >= 11 is 0. The highest BCUT2D eigenvalue weighted by molar-refractivity contribution is 5.78. The number of rotatable bonds is 7. The summed E-state index contributed by atoms with van der Waals surface area (Å²) < 4.78 is 0. The number of hydrogen-bond acceptors (Lipinski definition) is 3. The lowest BCUT2D eigenvalue weighted by atomic mass is 9.90. The predicted octanol–water partition coefficient (Wildman–Crippen LogP) is 3.10. The van der Waals surface area contributed by atoms with Gasteiger partial charge in [0.25, 0.3) is 0 Å². The standard InChI is InChI=1S/C21H32N2O3/c1-14(2)9-17-5-7-18(8-6-17)16(4)22-20(24)13-23-11-15(3)10-19(12-23)21(25)26/h5-8,14-16,19H,9-13H2,1-4H3,(H,22,24)(H,25,26). The summed E-state index contributed by atoms with van der Waals surface area (Å²) in [5.74, 6) is -0.278. The van der Waals surface area contributed by atoms with Crippen LogP contribution in [0, 0.1) is 17.8 Å². The number of amides is 1.